The van der Waals surface area contributed by atoms with E-state index in [4.69, 9.17) is 5.73 Å². The fraction of sp³-hybridized carbons (Fsp3) is 0.643. The van der Waals surface area contributed by atoms with Gasteiger partial charge in [-0.2, -0.15) is 0 Å². The lowest BCUT2D eigenvalue weighted by molar-refractivity contribution is -0.134. The molecule has 1 unspecified atom stereocenters. The molecule has 2 atom stereocenters. The number of carbonyl (C=O) groups excluding carboxylic acids is 1. The van der Waals surface area contributed by atoms with Crippen LogP contribution in [0, 0.1) is 5.92 Å². The number of nitrogens with zero attached hydrogens (tertiary/aromatic N) is 1. The first-order chi connectivity index (χ1) is 8.59. The molecule has 0 aromatic carbocycles. The number of hydrogen-bond acceptors (Lipinski definition) is 2. The summed E-state index contributed by atoms with van der Waals surface area (Å²) in [5, 5.41) is 0. The molecule has 2 heterocycles. The SMILES string of the molecule is CC(C)C[C@H](N)C(=O)N1CCCC1c1ccc[nH]1. The summed E-state index contributed by atoms with van der Waals surface area (Å²) in [6, 6.07) is 3.85. The molecule has 0 radical (unpaired) electrons. The van der Waals surface area contributed by atoms with Crippen LogP contribution in [0.3, 0.4) is 0 Å². The Bertz CT molecular complexity index is 386. The number of amides is 1. The number of nitrogens with two attached hydrogens (primary N) is 1. The molecule has 1 amide bonds. The van der Waals surface area contributed by atoms with Crippen LogP contribution in [-0.2, 0) is 4.79 Å². The smallest absolute Gasteiger partial charge is 0.240 e. The Labute approximate surface area is 109 Å². The highest BCUT2D eigenvalue weighted by Gasteiger charge is 2.33. The molecule has 2 rings (SSSR count). The van der Waals surface area contributed by atoms with Crippen molar-refractivity contribution in [3.05, 3.63) is 24.0 Å². The Morgan fingerprint density at radius 2 is 2.39 bits per heavy atom. The number of likely N-dealkylation sites (tertiary alicyclic amines) is 1. The van der Waals surface area contributed by atoms with Crippen LogP contribution in [-0.4, -0.2) is 28.4 Å². The fourth-order valence-electron chi connectivity index (χ4n) is 2.73. The predicted molar refractivity (Wildman–Crippen MR) is 71.9 cm³/mol. The number of carbonyl (C=O) groups is 1. The third-order valence-electron chi connectivity index (χ3n) is 3.56. The molecule has 1 saturated heterocycles. The van der Waals surface area contributed by atoms with Gasteiger partial charge in [-0.05, 0) is 37.3 Å². The molecular weight excluding hydrogens is 226 g/mol. The summed E-state index contributed by atoms with van der Waals surface area (Å²) in [6.45, 7) is 5.02. The molecule has 4 nitrogen and oxygen atoms in total. The van der Waals surface area contributed by atoms with E-state index in [9.17, 15) is 4.79 Å². The zero-order chi connectivity index (χ0) is 13.1. The maximum Gasteiger partial charge on any atom is 0.240 e. The Morgan fingerprint density at radius 1 is 1.61 bits per heavy atom. The Balaban J connectivity index is 2.05. The predicted octanol–water partition coefficient (Wildman–Crippen LogP) is 2.05. The van der Waals surface area contributed by atoms with E-state index < -0.39 is 0 Å². The second-order valence-corrected chi connectivity index (χ2v) is 5.55. The second kappa shape index (κ2) is 5.57. The summed E-state index contributed by atoms with van der Waals surface area (Å²) >= 11 is 0. The van der Waals surface area contributed by atoms with Crippen LogP contribution < -0.4 is 5.73 Å². The third kappa shape index (κ3) is 2.75. The van der Waals surface area contributed by atoms with Crippen LogP contribution in [0.1, 0.15) is 44.8 Å². The van der Waals surface area contributed by atoms with Gasteiger partial charge in [0.05, 0.1) is 12.1 Å². The van der Waals surface area contributed by atoms with Gasteiger partial charge in [0.2, 0.25) is 5.91 Å². The third-order valence-corrected chi connectivity index (χ3v) is 3.56. The van der Waals surface area contributed by atoms with Gasteiger partial charge >= 0.3 is 0 Å². The monoisotopic (exact) mass is 249 g/mol. The fourth-order valence-corrected chi connectivity index (χ4v) is 2.73. The highest BCUT2D eigenvalue weighted by atomic mass is 16.2. The lowest BCUT2D eigenvalue weighted by atomic mass is 10.0. The van der Waals surface area contributed by atoms with Crippen LogP contribution in [0.15, 0.2) is 18.3 Å². The van der Waals surface area contributed by atoms with Crippen molar-refractivity contribution in [1.29, 1.82) is 0 Å². The van der Waals surface area contributed by atoms with Crippen LogP contribution in [0.25, 0.3) is 0 Å². The average molecular weight is 249 g/mol. The van der Waals surface area contributed by atoms with Crippen LogP contribution in [0.4, 0.5) is 0 Å². The molecule has 4 heteroatoms. The number of H-pyrrole nitrogens is 1. The van der Waals surface area contributed by atoms with Gasteiger partial charge in [0.15, 0.2) is 0 Å². The first-order valence-electron chi connectivity index (χ1n) is 6.79. The van der Waals surface area contributed by atoms with Gasteiger partial charge in [-0.1, -0.05) is 13.8 Å². The Kier molecular flexibility index (Phi) is 4.07. The van der Waals surface area contributed by atoms with E-state index in [1.54, 1.807) is 0 Å². The molecule has 0 saturated carbocycles. The number of aromatic amines is 1. The van der Waals surface area contributed by atoms with E-state index in [1.807, 2.05) is 23.2 Å². The molecule has 1 aromatic rings. The van der Waals surface area contributed by atoms with Gasteiger partial charge in [0.1, 0.15) is 0 Å². The molecule has 1 aliphatic heterocycles. The van der Waals surface area contributed by atoms with Crippen molar-refractivity contribution in [2.45, 2.75) is 45.2 Å². The molecule has 100 valence electrons. The summed E-state index contributed by atoms with van der Waals surface area (Å²) < 4.78 is 0. The molecular formula is C14H23N3O. The lowest BCUT2D eigenvalue weighted by Gasteiger charge is -2.27. The molecule has 0 bridgehead atoms. The second-order valence-electron chi connectivity index (χ2n) is 5.55. The molecule has 0 spiro atoms. The van der Waals surface area contributed by atoms with Gasteiger partial charge in [-0.15, -0.1) is 0 Å². The Morgan fingerprint density at radius 3 is 3.00 bits per heavy atom. The van der Waals surface area contributed by atoms with Gasteiger partial charge in [-0.25, -0.2) is 0 Å². The lowest BCUT2D eigenvalue weighted by Crippen LogP contribution is -2.44. The molecule has 0 aliphatic carbocycles. The number of hydrogen-bond donors (Lipinski definition) is 2. The minimum absolute atomic E-state index is 0.0980. The van der Waals surface area contributed by atoms with Crippen molar-refractivity contribution in [3.63, 3.8) is 0 Å². The van der Waals surface area contributed by atoms with E-state index >= 15 is 0 Å². The Hall–Kier alpha value is -1.29. The topological polar surface area (TPSA) is 62.1 Å². The van der Waals surface area contributed by atoms with Crippen molar-refractivity contribution in [1.82, 2.24) is 9.88 Å². The summed E-state index contributed by atoms with van der Waals surface area (Å²) in [7, 11) is 0. The van der Waals surface area contributed by atoms with Gasteiger partial charge in [-0.3, -0.25) is 4.79 Å². The maximum absolute atomic E-state index is 12.4. The number of rotatable bonds is 4. The standard InChI is InChI=1S/C14H23N3O/c1-10(2)9-11(15)14(18)17-8-4-6-13(17)12-5-3-7-16-12/h3,5,7,10-11,13,16H,4,6,8-9,15H2,1-2H3/t11-,13?/m0/s1. The maximum atomic E-state index is 12.4. The van der Waals surface area contributed by atoms with Crippen LogP contribution >= 0.6 is 0 Å². The van der Waals surface area contributed by atoms with Gasteiger partial charge in [0.25, 0.3) is 0 Å². The number of nitrogens with one attached hydrogen (secondary N) is 1. The van der Waals surface area contributed by atoms with Crippen LogP contribution in [0.5, 0.6) is 0 Å². The molecule has 18 heavy (non-hydrogen) atoms. The van der Waals surface area contributed by atoms with Crippen molar-refractivity contribution in [2.75, 3.05) is 6.54 Å². The van der Waals surface area contributed by atoms with E-state index in [0.29, 0.717) is 5.92 Å². The summed E-state index contributed by atoms with van der Waals surface area (Å²) in [6.07, 6.45) is 4.75. The van der Waals surface area contributed by atoms with E-state index in [-0.39, 0.29) is 18.0 Å². The number of aromatic nitrogens is 1. The summed E-state index contributed by atoms with van der Waals surface area (Å²) in [4.78, 5) is 17.5. The zero-order valence-corrected chi connectivity index (χ0v) is 11.2. The van der Waals surface area contributed by atoms with Crippen molar-refractivity contribution in [3.8, 4) is 0 Å². The summed E-state index contributed by atoms with van der Waals surface area (Å²) in [5.41, 5.74) is 7.13. The minimum atomic E-state index is -0.361. The van der Waals surface area contributed by atoms with Crippen molar-refractivity contribution < 1.29 is 4.79 Å². The van der Waals surface area contributed by atoms with E-state index in [2.05, 4.69) is 18.8 Å². The van der Waals surface area contributed by atoms with Crippen molar-refractivity contribution in [2.24, 2.45) is 11.7 Å². The van der Waals surface area contributed by atoms with E-state index in [0.717, 1.165) is 31.5 Å². The van der Waals surface area contributed by atoms with Crippen LogP contribution in [0.2, 0.25) is 0 Å². The average Bonchev–Trinajstić information content (AvgIpc) is 2.97. The molecule has 3 N–H and O–H groups in total. The summed E-state index contributed by atoms with van der Waals surface area (Å²) in [5.74, 6) is 0.552. The molecule has 1 aliphatic rings. The van der Waals surface area contributed by atoms with E-state index in [1.165, 1.54) is 0 Å². The first kappa shape index (κ1) is 13.1. The first-order valence-corrected chi connectivity index (χ1v) is 6.79. The molecule has 1 fully saturated rings. The van der Waals surface area contributed by atoms with Gasteiger partial charge in [0, 0.05) is 18.4 Å². The zero-order valence-electron chi connectivity index (χ0n) is 11.2. The highest BCUT2D eigenvalue weighted by Crippen LogP contribution is 2.31. The van der Waals surface area contributed by atoms with Gasteiger partial charge < -0.3 is 15.6 Å². The highest BCUT2D eigenvalue weighted by molar-refractivity contribution is 5.82. The van der Waals surface area contributed by atoms with Crippen molar-refractivity contribution >= 4 is 5.91 Å². The molecule has 1 aromatic heterocycles. The minimum Gasteiger partial charge on any atom is -0.363 e. The quantitative estimate of drug-likeness (QED) is 0.858. The normalized spacial score (nSPS) is 21.6. The largest absolute Gasteiger partial charge is 0.363 e.